The molecule has 0 aliphatic heterocycles. The molecule has 11 nitrogen and oxygen atoms in total. The number of nitrogens with one attached hydrogen (secondary N) is 1. The number of hydrogen-bond acceptors (Lipinski definition) is 9. The fourth-order valence-electron chi connectivity index (χ4n) is 3.39. The Bertz CT molecular complexity index is 1340. The van der Waals surface area contributed by atoms with Crippen LogP contribution in [0.2, 0.25) is 0 Å². The van der Waals surface area contributed by atoms with E-state index < -0.39 is 34.4 Å². The number of aromatic nitrogens is 2. The van der Waals surface area contributed by atoms with Crippen LogP contribution < -0.4 is 5.32 Å². The molecular weight excluding hydrogens is 567 g/mol. The molecule has 1 N–H and O–H groups in total. The molecule has 3 rings (SSSR count). The zero-order valence-corrected chi connectivity index (χ0v) is 22.7. The third-order valence-corrected chi connectivity index (χ3v) is 5.78. The Morgan fingerprint density at radius 3 is 2.63 bits per heavy atom. The van der Waals surface area contributed by atoms with Gasteiger partial charge in [-0.1, -0.05) is 0 Å². The molecule has 2 aromatic heterocycles. The number of nitro groups is 1. The van der Waals surface area contributed by atoms with Crippen LogP contribution in [-0.2, 0) is 27.1 Å². The molecule has 0 spiro atoms. The van der Waals surface area contributed by atoms with Crippen molar-refractivity contribution in [3.05, 3.63) is 74.2 Å². The molecule has 1 unspecified atom stereocenters. The van der Waals surface area contributed by atoms with E-state index in [1.807, 2.05) is 0 Å². The van der Waals surface area contributed by atoms with Gasteiger partial charge in [-0.3, -0.25) is 19.9 Å². The van der Waals surface area contributed by atoms with Crippen molar-refractivity contribution in [1.29, 1.82) is 0 Å². The predicted molar refractivity (Wildman–Crippen MR) is 137 cm³/mol. The van der Waals surface area contributed by atoms with Crippen LogP contribution in [-0.4, -0.2) is 39.7 Å². The monoisotopic (exact) mass is 592 g/mol. The third kappa shape index (κ3) is 7.81. The molecule has 38 heavy (non-hydrogen) atoms. The summed E-state index contributed by atoms with van der Waals surface area (Å²) in [5.74, 6) is -0.663. The van der Waals surface area contributed by atoms with E-state index in [0.29, 0.717) is 21.5 Å². The van der Waals surface area contributed by atoms with Gasteiger partial charge in [-0.15, -0.1) is 0 Å². The average Bonchev–Trinajstić information content (AvgIpc) is 3.32. The Morgan fingerprint density at radius 2 is 2.00 bits per heavy atom. The molecule has 0 aliphatic rings. The second kappa shape index (κ2) is 12.1. The summed E-state index contributed by atoms with van der Waals surface area (Å²) < 4.78 is 30.6. The van der Waals surface area contributed by atoms with Gasteiger partial charge in [0.25, 0.3) is 5.69 Å². The SMILES string of the molecule is COC(=O)CCc1nc(CC(NC(=O)OC(C)(C)C)c2ncc(-c3ccc([N+](=O)[O-])cc3Br)o2)ccc1F. The first-order valence-electron chi connectivity index (χ1n) is 11.5. The van der Waals surface area contributed by atoms with E-state index in [4.69, 9.17) is 9.15 Å². The number of pyridine rings is 1. The Morgan fingerprint density at radius 1 is 1.26 bits per heavy atom. The van der Waals surface area contributed by atoms with Crippen molar-refractivity contribution in [2.45, 2.75) is 51.7 Å². The van der Waals surface area contributed by atoms with Crippen molar-refractivity contribution >= 4 is 33.7 Å². The van der Waals surface area contributed by atoms with Gasteiger partial charge in [0, 0.05) is 40.7 Å². The molecule has 0 aliphatic carbocycles. The normalized spacial score (nSPS) is 12.1. The topological polar surface area (TPSA) is 147 Å². The van der Waals surface area contributed by atoms with Gasteiger partial charge in [0.15, 0.2) is 5.76 Å². The van der Waals surface area contributed by atoms with Gasteiger partial charge in [-0.05, 0) is 54.9 Å². The van der Waals surface area contributed by atoms with Crippen LogP contribution >= 0.6 is 15.9 Å². The number of rotatable bonds is 9. The number of ether oxygens (including phenoxy) is 2. The van der Waals surface area contributed by atoms with Gasteiger partial charge >= 0.3 is 12.1 Å². The van der Waals surface area contributed by atoms with Crippen molar-refractivity contribution in [3.63, 3.8) is 0 Å². The third-order valence-electron chi connectivity index (χ3n) is 5.12. The Balaban J connectivity index is 1.91. The van der Waals surface area contributed by atoms with E-state index in [9.17, 15) is 24.1 Å². The lowest BCUT2D eigenvalue weighted by atomic mass is 10.1. The molecule has 13 heteroatoms. The molecule has 202 valence electrons. The maximum Gasteiger partial charge on any atom is 0.408 e. The van der Waals surface area contributed by atoms with Crippen molar-refractivity contribution in [1.82, 2.24) is 15.3 Å². The highest BCUT2D eigenvalue weighted by molar-refractivity contribution is 9.10. The van der Waals surface area contributed by atoms with E-state index in [2.05, 4.69) is 36.0 Å². The quantitative estimate of drug-likeness (QED) is 0.194. The summed E-state index contributed by atoms with van der Waals surface area (Å²) in [6, 6.07) is 6.01. The highest BCUT2D eigenvalue weighted by Crippen LogP contribution is 2.33. The second-order valence-corrected chi connectivity index (χ2v) is 10.0. The van der Waals surface area contributed by atoms with Crippen molar-refractivity contribution < 1.29 is 32.8 Å². The average molecular weight is 593 g/mol. The lowest BCUT2D eigenvalue weighted by Crippen LogP contribution is -2.36. The maximum atomic E-state index is 14.3. The predicted octanol–water partition coefficient (Wildman–Crippen LogP) is 5.46. The van der Waals surface area contributed by atoms with Crippen LogP contribution in [0.3, 0.4) is 0 Å². The van der Waals surface area contributed by atoms with Gasteiger partial charge in [0.2, 0.25) is 5.89 Å². The number of alkyl carbamates (subject to hydrolysis) is 1. The first kappa shape index (κ1) is 28.7. The van der Waals surface area contributed by atoms with E-state index >= 15 is 0 Å². The maximum absolute atomic E-state index is 14.3. The molecule has 1 amide bonds. The Labute approximate surface area is 226 Å². The number of aryl methyl sites for hydroxylation is 1. The van der Waals surface area contributed by atoms with Crippen LogP contribution in [0.4, 0.5) is 14.9 Å². The Hall–Kier alpha value is -3.87. The smallest absolute Gasteiger partial charge is 0.408 e. The lowest BCUT2D eigenvalue weighted by molar-refractivity contribution is -0.384. The van der Waals surface area contributed by atoms with Gasteiger partial charge in [-0.25, -0.2) is 14.2 Å². The number of halogens is 2. The standard InChI is InChI=1S/C25H26BrFN4O7/c1-25(2,3)38-24(33)30-20(11-14-5-8-18(27)19(29-14)9-10-22(32)36-4)23-28-13-21(37-23)16-7-6-15(31(34)35)12-17(16)26/h5-8,12-13,20H,9-11H2,1-4H3,(H,30,33). The summed E-state index contributed by atoms with van der Waals surface area (Å²) in [4.78, 5) is 43.2. The number of oxazole rings is 1. The highest BCUT2D eigenvalue weighted by Gasteiger charge is 2.26. The number of methoxy groups -OCH3 is 1. The molecule has 3 aromatic rings. The van der Waals surface area contributed by atoms with Gasteiger partial charge in [0.05, 0.1) is 30.3 Å². The number of non-ortho nitro benzene ring substituents is 1. The number of carbonyl (C=O) groups is 2. The van der Waals surface area contributed by atoms with Crippen LogP contribution in [0, 0.1) is 15.9 Å². The van der Waals surface area contributed by atoms with E-state index in [0.717, 1.165) is 0 Å². The van der Waals surface area contributed by atoms with Crippen LogP contribution in [0.5, 0.6) is 0 Å². The molecule has 0 fully saturated rings. The molecule has 1 aromatic carbocycles. The molecule has 0 radical (unpaired) electrons. The van der Waals surface area contributed by atoms with Gasteiger partial charge < -0.3 is 19.2 Å². The largest absolute Gasteiger partial charge is 0.469 e. The zero-order chi connectivity index (χ0) is 28.0. The lowest BCUT2D eigenvalue weighted by Gasteiger charge is -2.22. The first-order valence-corrected chi connectivity index (χ1v) is 12.3. The summed E-state index contributed by atoms with van der Waals surface area (Å²) in [5.41, 5.74) is 0.121. The number of nitrogens with zero attached hydrogens (tertiary/aromatic N) is 3. The number of esters is 1. The minimum absolute atomic E-state index is 0.0355. The van der Waals surface area contributed by atoms with Crippen LogP contribution in [0.1, 0.15) is 50.5 Å². The first-order chi connectivity index (χ1) is 17.9. The molecule has 0 saturated carbocycles. The van der Waals surface area contributed by atoms with E-state index in [-0.39, 0.29) is 36.5 Å². The fourth-order valence-corrected chi connectivity index (χ4v) is 3.95. The van der Waals surface area contributed by atoms with E-state index in [1.54, 1.807) is 20.8 Å². The molecule has 1 atom stereocenters. The van der Waals surface area contributed by atoms with Gasteiger partial charge in [-0.2, -0.15) is 0 Å². The van der Waals surface area contributed by atoms with Crippen molar-refractivity contribution in [2.24, 2.45) is 0 Å². The zero-order valence-electron chi connectivity index (χ0n) is 21.1. The number of nitro benzene ring substituents is 1. The second-order valence-electron chi connectivity index (χ2n) is 9.19. The molecule has 0 saturated heterocycles. The number of hydrogen-bond donors (Lipinski definition) is 1. The summed E-state index contributed by atoms with van der Waals surface area (Å²) in [5, 5.41) is 13.8. The highest BCUT2D eigenvalue weighted by atomic mass is 79.9. The summed E-state index contributed by atoms with van der Waals surface area (Å²) in [6.07, 6.45) is 0.744. The minimum atomic E-state index is -0.859. The van der Waals surface area contributed by atoms with Crippen LogP contribution in [0.15, 0.2) is 45.4 Å². The molecule has 2 heterocycles. The van der Waals surface area contributed by atoms with Gasteiger partial charge in [0.1, 0.15) is 17.5 Å². The summed E-state index contributed by atoms with van der Waals surface area (Å²) >= 11 is 3.31. The van der Waals surface area contributed by atoms with Crippen molar-refractivity contribution in [3.8, 4) is 11.3 Å². The number of carbonyl (C=O) groups excluding carboxylic acids is 2. The summed E-state index contributed by atoms with van der Waals surface area (Å²) in [6.45, 7) is 5.14. The number of amides is 1. The number of benzene rings is 1. The minimum Gasteiger partial charge on any atom is -0.469 e. The van der Waals surface area contributed by atoms with E-state index in [1.165, 1.54) is 43.6 Å². The fraction of sp³-hybridized carbons (Fsp3) is 0.360. The molecule has 0 bridgehead atoms. The molecular formula is C25H26BrFN4O7. The van der Waals surface area contributed by atoms with Crippen LogP contribution in [0.25, 0.3) is 11.3 Å². The van der Waals surface area contributed by atoms with Crippen molar-refractivity contribution in [2.75, 3.05) is 7.11 Å². The Kier molecular flexibility index (Phi) is 9.15. The summed E-state index contributed by atoms with van der Waals surface area (Å²) in [7, 11) is 1.25.